The molecule has 0 aliphatic rings. The van der Waals surface area contributed by atoms with E-state index in [1.807, 2.05) is 72.8 Å². The molecule has 5 heteroatoms. The van der Waals surface area contributed by atoms with E-state index in [0.29, 0.717) is 5.56 Å². The van der Waals surface area contributed by atoms with Crippen LogP contribution in [0.25, 0.3) is 0 Å². The fourth-order valence-corrected chi connectivity index (χ4v) is 2.95. The van der Waals surface area contributed by atoms with E-state index in [0.717, 1.165) is 16.7 Å². The first kappa shape index (κ1) is 21.7. The van der Waals surface area contributed by atoms with Crippen molar-refractivity contribution in [1.29, 1.82) is 0 Å². The third-order valence-electron chi connectivity index (χ3n) is 4.55. The number of amides is 1. The van der Waals surface area contributed by atoms with Crippen molar-refractivity contribution in [3.05, 3.63) is 107 Å². The number of hydrogen-bond acceptors (Lipinski definition) is 4. The van der Waals surface area contributed by atoms with Crippen molar-refractivity contribution in [2.24, 2.45) is 0 Å². The molecule has 3 rings (SSSR count). The van der Waals surface area contributed by atoms with Crippen LogP contribution in [0.3, 0.4) is 0 Å². The van der Waals surface area contributed by atoms with Crippen LogP contribution in [-0.4, -0.2) is 18.1 Å². The van der Waals surface area contributed by atoms with Crippen molar-refractivity contribution in [3.63, 3.8) is 0 Å². The maximum absolute atomic E-state index is 12.8. The average Bonchev–Trinajstić information content (AvgIpc) is 2.82. The standard InChI is InChI=1S/C26H23NO4/c1-2-20-14-9-15-23(16-20)17-24(25(28)30-18-21-10-5-3-6-11-21)27-26(29)31-19-22-12-7-4-8-13-22/h1,3-16,24H,17-19H2,(H,27,29). The summed E-state index contributed by atoms with van der Waals surface area (Å²) < 4.78 is 10.7. The van der Waals surface area contributed by atoms with Gasteiger partial charge in [0.2, 0.25) is 0 Å². The van der Waals surface area contributed by atoms with Crippen molar-refractivity contribution >= 4 is 12.1 Å². The van der Waals surface area contributed by atoms with E-state index in [9.17, 15) is 9.59 Å². The second-order valence-corrected chi connectivity index (χ2v) is 6.90. The lowest BCUT2D eigenvalue weighted by Crippen LogP contribution is -2.43. The molecule has 0 heterocycles. The van der Waals surface area contributed by atoms with Gasteiger partial charge in [-0.05, 0) is 28.8 Å². The molecule has 0 aliphatic heterocycles. The Morgan fingerprint density at radius 1 is 0.806 bits per heavy atom. The Morgan fingerprint density at radius 2 is 1.39 bits per heavy atom. The van der Waals surface area contributed by atoms with E-state index in [-0.39, 0.29) is 19.6 Å². The third-order valence-corrected chi connectivity index (χ3v) is 4.55. The summed E-state index contributed by atoms with van der Waals surface area (Å²) in [5, 5.41) is 2.62. The number of nitrogens with one attached hydrogen (secondary N) is 1. The average molecular weight is 413 g/mol. The van der Waals surface area contributed by atoms with Crippen LogP contribution in [0.15, 0.2) is 84.9 Å². The molecule has 0 aromatic heterocycles. The molecule has 0 fully saturated rings. The lowest BCUT2D eigenvalue weighted by molar-refractivity contribution is -0.147. The minimum atomic E-state index is -0.917. The lowest BCUT2D eigenvalue weighted by Gasteiger charge is -2.18. The highest BCUT2D eigenvalue weighted by atomic mass is 16.6. The summed E-state index contributed by atoms with van der Waals surface area (Å²) in [6.45, 7) is 0.215. The van der Waals surface area contributed by atoms with Crippen LogP contribution in [0.2, 0.25) is 0 Å². The Morgan fingerprint density at radius 3 is 2.00 bits per heavy atom. The van der Waals surface area contributed by atoms with Crippen LogP contribution in [0.4, 0.5) is 4.79 Å². The Balaban J connectivity index is 1.65. The first-order valence-corrected chi connectivity index (χ1v) is 9.87. The molecule has 5 nitrogen and oxygen atoms in total. The summed E-state index contributed by atoms with van der Waals surface area (Å²) in [5.74, 6) is 2.02. The van der Waals surface area contributed by atoms with Crippen LogP contribution < -0.4 is 5.32 Å². The topological polar surface area (TPSA) is 64.6 Å². The maximum atomic E-state index is 12.8. The molecule has 0 bridgehead atoms. The van der Waals surface area contributed by atoms with Crippen LogP contribution >= 0.6 is 0 Å². The van der Waals surface area contributed by atoms with Crippen LogP contribution in [-0.2, 0) is 33.9 Å². The predicted octanol–water partition coefficient (Wildman–Crippen LogP) is 4.25. The number of rotatable bonds is 8. The molecular weight excluding hydrogens is 390 g/mol. The van der Waals surface area contributed by atoms with Crippen molar-refractivity contribution in [2.75, 3.05) is 0 Å². The normalized spacial score (nSPS) is 11.1. The van der Waals surface area contributed by atoms with Gasteiger partial charge in [-0.1, -0.05) is 78.7 Å². The zero-order chi connectivity index (χ0) is 21.9. The second kappa shape index (κ2) is 11.2. The Bertz CT molecular complexity index is 1040. The van der Waals surface area contributed by atoms with Gasteiger partial charge in [-0.25, -0.2) is 9.59 Å². The number of carbonyl (C=O) groups excluding carboxylic acids is 2. The van der Waals surface area contributed by atoms with Gasteiger partial charge in [-0.3, -0.25) is 0 Å². The van der Waals surface area contributed by atoms with Gasteiger partial charge in [0.15, 0.2) is 0 Å². The van der Waals surface area contributed by atoms with Gasteiger partial charge in [-0.15, -0.1) is 6.42 Å². The summed E-state index contributed by atoms with van der Waals surface area (Å²) in [6, 6.07) is 25.0. The van der Waals surface area contributed by atoms with Crippen molar-refractivity contribution < 1.29 is 19.1 Å². The summed E-state index contributed by atoms with van der Waals surface area (Å²) in [7, 11) is 0. The molecule has 3 aromatic rings. The van der Waals surface area contributed by atoms with Gasteiger partial charge < -0.3 is 14.8 Å². The first-order chi connectivity index (χ1) is 15.1. The highest BCUT2D eigenvalue weighted by Gasteiger charge is 2.24. The summed E-state index contributed by atoms with van der Waals surface area (Å²) in [6.07, 6.45) is 5.00. The highest BCUT2D eigenvalue weighted by molar-refractivity contribution is 5.81. The largest absolute Gasteiger partial charge is 0.459 e. The number of carbonyl (C=O) groups is 2. The summed E-state index contributed by atoms with van der Waals surface area (Å²) in [5.41, 5.74) is 3.21. The van der Waals surface area contributed by atoms with Crippen LogP contribution in [0, 0.1) is 12.3 Å². The van der Waals surface area contributed by atoms with Crippen LogP contribution in [0.1, 0.15) is 22.3 Å². The van der Waals surface area contributed by atoms with Crippen molar-refractivity contribution in [1.82, 2.24) is 5.32 Å². The quantitative estimate of drug-likeness (QED) is 0.443. The molecule has 1 atom stereocenters. The monoisotopic (exact) mass is 413 g/mol. The van der Waals surface area contributed by atoms with E-state index >= 15 is 0 Å². The van der Waals surface area contributed by atoms with E-state index < -0.39 is 18.1 Å². The highest BCUT2D eigenvalue weighted by Crippen LogP contribution is 2.10. The van der Waals surface area contributed by atoms with Crippen LogP contribution in [0.5, 0.6) is 0 Å². The number of hydrogen-bond donors (Lipinski definition) is 1. The molecule has 3 aromatic carbocycles. The molecule has 0 saturated heterocycles. The molecule has 31 heavy (non-hydrogen) atoms. The molecule has 0 spiro atoms. The van der Waals surface area contributed by atoms with Gasteiger partial charge in [0.05, 0.1) is 0 Å². The smallest absolute Gasteiger partial charge is 0.408 e. The zero-order valence-corrected chi connectivity index (χ0v) is 17.0. The second-order valence-electron chi connectivity index (χ2n) is 6.90. The fraction of sp³-hybridized carbons (Fsp3) is 0.154. The first-order valence-electron chi connectivity index (χ1n) is 9.87. The Hall–Kier alpha value is -4.04. The molecule has 0 aliphatic carbocycles. The van der Waals surface area contributed by atoms with Crippen molar-refractivity contribution in [3.8, 4) is 12.3 Å². The van der Waals surface area contributed by atoms with Crippen molar-refractivity contribution in [2.45, 2.75) is 25.7 Å². The number of alkyl carbamates (subject to hydrolysis) is 1. The minimum Gasteiger partial charge on any atom is -0.459 e. The van der Waals surface area contributed by atoms with Gasteiger partial charge in [-0.2, -0.15) is 0 Å². The molecule has 1 N–H and O–H groups in total. The summed E-state index contributed by atoms with van der Waals surface area (Å²) in [4.78, 5) is 25.1. The molecule has 0 saturated carbocycles. The number of ether oxygens (including phenoxy) is 2. The maximum Gasteiger partial charge on any atom is 0.408 e. The lowest BCUT2D eigenvalue weighted by atomic mass is 10.0. The number of terminal acetylenes is 1. The SMILES string of the molecule is C#Cc1cccc(CC(NC(=O)OCc2ccccc2)C(=O)OCc2ccccc2)c1. The van der Waals surface area contributed by atoms with Gasteiger partial charge in [0.1, 0.15) is 19.3 Å². The number of benzene rings is 3. The number of esters is 1. The molecule has 1 unspecified atom stereocenters. The van der Waals surface area contributed by atoms with E-state index in [1.54, 1.807) is 12.1 Å². The zero-order valence-electron chi connectivity index (χ0n) is 17.0. The van der Waals surface area contributed by atoms with E-state index in [2.05, 4.69) is 11.2 Å². The van der Waals surface area contributed by atoms with Gasteiger partial charge in [0, 0.05) is 12.0 Å². The Labute approximate surface area is 182 Å². The third kappa shape index (κ3) is 7.06. The Kier molecular flexibility index (Phi) is 7.84. The molecule has 156 valence electrons. The summed E-state index contributed by atoms with van der Waals surface area (Å²) >= 11 is 0. The van der Waals surface area contributed by atoms with Gasteiger partial charge in [0.25, 0.3) is 0 Å². The molecule has 1 amide bonds. The van der Waals surface area contributed by atoms with Gasteiger partial charge >= 0.3 is 12.1 Å². The predicted molar refractivity (Wildman–Crippen MR) is 118 cm³/mol. The molecule has 0 radical (unpaired) electrons. The minimum absolute atomic E-state index is 0.102. The van der Waals surface area contributed by atoms with E-state index in [4.69, 9.17) is 15.9 Å². The van der Waals surface area contributed by atoms with E-state index in [1.165, 1.54) is 0 Å². The fourth-order valence-electron chi connectivity index (χ4n) is 2.95. The molecular formula is C26H23NO4.